The standard InChI is InChI=1S/C17H17Cl2NO/c1-10-6-12(3-5-16(10)19)17-15-8-13(18)4-2-11(15)7-14(9-21)20-17/h2-6,8,14,17,20-21H,7,9H2,1H3/t14-,17-/m0/s1. The van der Waals surface area contributed by atoms with Gasteiger partial charge in [-0.2, -0.15) is 0 Å². The van der Waals surface area contributed by atoms with E-state index < -0.39 is 0 Å². The summed E-state index contributed by atoms with van der Waals surface area (Å²) < 4.78 is 0. The summed E-state index contributed by atoms with van der Waals surface area (Å²) in [5, 5.41) is 14.5. The van der Waals surface area contributed by atoms with Crippen LogP contribution in [0.3, 0.4) is 0 Å². The van der Waals surface area contributed by atoms with Gasteiger partial charge >= 0.3 is 0 Å². The van der Waals surface area contributed by atoms with E-state index in [9.17, 15) is 5.11 Å². The molecule has 1 aliphatic heterocycles. The Kier molecular flexibility index (Phi) is 4.23. The first-order valence-corrected chi connectivity index (χ1v) is 7.75. The third-order valence-electron chi connectivity index (χ3n) is 4.02. The summed E-state index contributed by atoms with van der Waals surface area (Å²) in [4.78, 5) is 0. The Morgan fingerprint density at radius 2 is 2.00 bits per heavy atom. The summed E-state index contributed by atoms with van der Waals surface area (Å²) in [6.07, 6.45) is 0.812. The molecule has 0 spiro atoms. The van der Waals surface area contributed by atoms with Crippen molar-refractivity contribution < 1.29 is 5.11 Å². The highest BCUT2D eigenvalue weighted by atomic mass is 35.5. The van der Waals surface area contributed by atoms with Crippen LogP contribution in [-0.2, 0) is 6.42 Å². The van der Waals surface area contributed by atoms with Crippen molar-refractivity contribution in [1.29, 1.82) is 0 Å². The Morgan fingerprint density at radius 3 is 2.71 bits per heavy atom. The third-order valence-corrected chi connectivity index (χ3v) is 4.68. The van der Waals surface area contributed by atoms with Gasteiger partial charge in [-0.05, 0) is 53.8 Å². The number of aliphatic hydroxyl groups excluding tert-OH is 1. The molecular weight excluding hydrogens is 305 g/mol. The van der Waals surface area contributed by atoms with E-state index in [0.717, 1.165) is 27.6 Å². The maximum atomic E-state index is 9.52. The molecule has 4 heteroatoms. The first kappa shape index (κ1) is 14.9. The molecule has 2 N–H and O–H groups in total. The van der Waals surface area contributed by atoms with Crippen molar-refractivity contribution in [3.05, 3.63) is 68.7 Å². The monoisotopic (exact) mass is 321 g/mol. The van der Waals surface area contributed by atoms with E-state index >= 15 is 0 Å². The number of rotatable bonds is 2. The lowest BCUT2D eigenvalue weighted by atomic mass is 9.86. The Bertz CT molecular complexity index is 672. The smallest absolute Gasteiger partial charge is 0.0588 e. The summed E-state index contributed by atoms with van der Waals surface area (Å²) in [6.45, 7) is 2.11. The fraction of sp³-hybridized carbons (Fsp3) is 0.294. The van der Waals surface area contributed by atoms with Crippen molar-refractivity contribution in [2.75, 3.05) is 6.61 Å². The number of benzene rings is 2. The van der Waals surface area contributed by atoms with Gasteiger partial charge in [0, 0.05) is 16.1 Å². The highest BCUT2D eigenvalue weighted by Gasteiger charge is 2.27. The number of nitrogens with one attached hydrogen (secondary N) is 1. The number of aryl methyl sites for hydroxylation is 1. The molecule has 0 fully saturated rings. The van der Waals surface area contributed by atoms with Crippen LogP contribution in [0.4, 0.5) is 0 Å². The van der Waals surface area contributed by atoms with E-state index in [4.69, 9.17) is 23.2 Å². The molecule has 2 nitrogen and oxygen atoms in total. The van der Waals surface area contributed by atoms with Crippen LogP contribution in [0.2, 0.25) is 10.0 Å². The predicted octanol–water partition coefficient (Wildman–Crippen LogP) is 3.90. The molecule has 1 aliphatic rings. The second-order valence-corrected chi connectivity index (χ2v) is 6.38. The van der Waals surface area contributed by atoms with Crippen molar-refractivity contribution >= 4 is 23.2 Å². The molecule has 0 radical (unpaired) electrons. The summed E-state index contributed by atoms with van der Waals surface area (Å²) in [7, 11) is 0. The Morgan fingerprint density at radius 1 is 1.19 bits per heavy atom. The maximum Gasteiger partial charge on any atom is 0.0588 e. The van der Waals surface area contributed by atoms with E-state index in [-0.39, 0.29) is 18.7 Å². The van der Waals surface area contributed by atoms with Crippen LogP contribution in [-0.4, -0.2) is 17.8 Å². The number of hydrogen-bond acceptors (Lipinski definition) is 2. The number of fused-ring (bicyclic) bond motifs is 1. The van der Waals surface area contributed by atoms with E-state index in [1.54, 1.807) is 0 Å². The minimum atomic E-state index is 0.0283. The first-order chi connectivity index (χ1) is 10.1. The highest BCUT2D eigenvalue weighted by molar-refractivity contribution is 6.31. The van der Waals surface area contributed by atoms with E-state index in [2.05, 4.69) is 17.4 Å². The third kappa shape index (κ3) is 2.95. The second kappa shape index (κ2) is 5.98. The molecular formula is C17H17Cl2NO. The molecule has 2 atom stereocenters. The summed E-state index contributed by atoms with van der Waals surface area (Å²) in [6, 6.07) is 12.1. The zero-order valence-electron chi connectivity index (χ0n) is 11.7. The molecule has 21 heavy (non-hydrogen) atoms. The largest absolute Gasteiger partial charge is 0.395 e. The van der Waals surface area contributed by atoms with Crippen molar-refractivity contribution in [1.82, 2.24) is 5.32 Å². The molecule has 2 aromatic carbocycles. The van der Waals surface area contributed by atoms with Gasteiger partial charge in [0.15, 0.2) is 0 Å². The fourth-order valence-electron chi connectivity index (χ4n) is 2.91. The average Bonchev–Trinajstić information content (AvgIpc) is 2.49. The zero-order valence-corrected chi connectivity index (χ0v) is 13.2. The van der Waals surface area contributed by atoms with E-state index in [1.165, 1.54) is 11.1 Å². The molecule has 0 saturated heterocycles. The number of hydrogen-bond donors (Lipinski definition) is 2. The Labute approximate surface area is 134 Å². The minimum absolute atomic E-state index is 0.0283. The SMILES string of the molecule is Cc1cc([C@@H]2N[C@H](CO)Cc3ccc(Cl)cc32)ccc1Cl. The molecule has 2 aromatic rings. The topological polar surface area (TPSA) is 32.3 Å². The van der Waals surface area contributed by atoms with E-state index in [0.29, 0.717) is 0 Å². The van der Waals surface area contributed by atoms with Gasteiger partial charge in [-0.15, -0.1) is 0 Å². The molecule has 0 aliphatic carbocycles. The van der Waals surface area contributed by atoms with Gasteiger partial charge in [0.05, 0.1) is 12.6 Å². The molecule has 1 heterocycles. The highest BCUT2D eigenvalue weighted by Crippen LogP contribution is 2.33. The molecule has 3 rings (SSSR count). The van der Waals surface area contributed by atoms with Crippen molar-refractivity contribution in [3.8, 4) is 0 Å². The summed E-state index contributed by atoms with van der Waals surface area (Å²) >= 11 is 12.3. The molecule has 0 unspecified atom stereocenters. The van der Waals surface area contributed by atoms with Gasteiger partial charge < -0.3 is 10.4 Å². The van der Waals surface area contributed by atoms with Gasteiger partial charge in [0.25, 0.3) is 0 Å². The predicted molar refractivity (Wildman–Crippen MR) is 87.2 cm³/mol. The zero-order chi connectivity index (χ0) is 15.0. The van der Waals surface area contributed by atoms with Gasteiger partial charge in [-0.3, -0.25) is 0 Å². The van der Waals surface area contributed by atoms with Crippen LogP contribution in [0.25, 0.3) is 0 Å². The Balaban J connectivity index is 2.08. The summed E-state index contributed by atoms with van der Waals surface area (Å²) in [5.74, 6) is 0. The van der Waals surface area contributed by atoms with Crippen LogP contribution >= 0.6 is 23.2 Å². The molecule has 0 amide bonds. The lowest BCUT2D eigenvalue weighted by Crippen LogP contribution is -2.42. The average molecular weight is 322 g/mol. The quantitative estimate of drug-likeness (QED) is 0.879. The van der Waals surface area contributed by atoms with Gasteiger partial charge in [0.1, 0.15) is 0 Å². The van der Waals surface area contributed by atoms with Gasteiger partial charge in [0.2, 0.25) is 0 Å². The Hall–Kier alpha value is -1.06. The minimum Gasteiger partial charge on any atom is -0.395 e. The first-order valence-electron chi connectivity index (χ1n) is 7.00. The van der Waals surface area contributed by atoms with Crippen LogP contribution in [0.5, 0.6) is 0 Å². The van der Waals surface area contributed by atoms with Crippen LogP contribution in [0, 0.1) is 6.92 Å². The van der Waals surface area contributed by atoms with E-state index in [1.807, 2.05) is 31.2 Å². The van der Waals surface area contributed by atoms with Crippen LogP contribution in [0.1, 0.15) is 28.3 Å². The molecule has 0 saturated carbocycles. The number of halogens is 2. The van der Waals surface area contributed by atoms with Gasteiger partial charge in [-0.25, -0.2) is 0 Å². The molecule has 0 bridgehead atoms. The molecule has 0 aromatic heterocycles. The second-order valence-electron chi connectivity index (χ2n) is 5.54. The normalized spacial score (nSPS) is 21.1. The number of aliphatic hydroxyl groups is 1. The van der Waals surface area contributed by atoms with Crippen LogP contribution < -0.4 is 5.32 Å². The van der Waals surface area contributed by atoms with Crippen molar-refractivity contribution in [2.24, 2.45) is 0 Å². The summed E-state index contributed by atoms with van der Waals surface area (Å²) in [5.41, 5.74) is 4.59. The molecule has 110 valence electrons. The van der Waals surface area contributed by atoms with Gasteiger partial charge in [-0.1, -0.05) is 41.4 Å². The maximum absolute atomic E-state index is 9.52. The van der Waals surface area contributed by atoms with Crippen molar-refractivity contribution in [3.63, 3.8) is 0 Å². The van der Waals surface area contributed by atoms with Crippen molar-refractivity contribution in [2.45, 2.75) is 25.4 Å². The fourth-order valence-corrected chi connectivity index (χ4v) is 3.21. The van der Waals surface area contributed by atoms with Crippen LogP contribution in [0.15, 0.2) is 36.4 Å². The lowest BCUT2D eigenvalue weighted by molar-refractivity contribution is 0.229. The lowest BCUT2D eigenvalue weighted by Gasteiger charge is -2.33.